The Morgan fingerprint density at radius 2 is 2.08 bits per heavy atom. The van der Waals surface area contributed by atoms with Crippen molar-refractivity contribution < 1.29 is 9.50 Å². The zero-order valence-corrected chi connectivity index (χ0v) is 7.34. The number of aliphatic hydroxyl groups is 1. The van der Waals surface area contributed by atoms with Crippen LogP contribution in [0.25, 0.3) is 0 Å². The van der Waals surface area contributed by atoms with Gasteiger partial charge in [0.15, 0.2) is 0 Å². The molecule has 0 spiro atoms. The molecule has 0 saturated heterocycles. The van der Waals surface area contributed by atoms with Crippen LogP contribution in [0.1, 0.15) is 30.9 Å². The maximum absolute atomic E-state index is 12.9. The summed E-state index contributed by atoms with van der Waals surface area (Å²) in [6, 6.07) is 4.86. The van der Waals surface area contributed by atoms with Crippen molar-refractivity contribution in [1.29, 1.82) is 0 Å². The highest BCUT2D eigenvalue weighted by Crippen LogP contribution is 2.17. The van der Waals surface area contributed by atoms with Crippen molar-refractivity contribution in [2.45, 2.75) is 26.4 Å². The number of hydrogen-bond donors (Lipinski definition) is 1. The van der Waals surface area contributed by atoms with Crippen LogP contribution in [0.4, 0.5) is 4.39 Å². The van der Waals surface area contributed by atoms with Crippen LogP contribution in [-0.4, -0.2) is 5.11 Å². The smallest absolute Gasteiger partial charge is 0.128 e. The predicted molar refractivity (Wildman–Crippen MR) is 46.4 cm³/mol. The summed E-state index contributed by atoms with van der Waals surface area (Å²) in [7, 11) is 0. The Balaban J connectivity index is 3.05. The van der Waals surface area contributed by atoms with Crippen molar-refractivity contribution in [1.82, 2.24) is 0 Å². The summed E-state index contributed by atoms with van der Waals surface area (Å²) in [6.45, 7) is 3.84. The largest absolute Gasteiger partial charge is 0.392 e. The number of rotatable bonds is 2. The van der Waals surface area contributed by atoms with Crippen LogP contribution >= 0.6 is 0 Å². The van der Waals surface area contributed by atoms with Crippen molar-refractivity contribution in [2.24, 2.45) is 0 Å². The summed E-state index contributed by atoms with van der Waals surface area (Å²) in [6.07, 6.45) is 0. The molecule has 0 aliphatic heterocycles. The molecule has 0 aliphatic rings. The third kappa shape index (κ3) is 1.83. The lowest BCUT2D eigenvalue weighted by molar-refractivity contribution is 0.275. The maximum Gasteiger partial charge on any atom is 0.128 e. The van der Waals surface area contributed by atoms with E-state index in [1.54, 1.807) is 12.1 Å². The lowest BCUT2D eigenvalue weighted by Crippen LogP contribution is -1.94. The second kappa shape index (κ2) is 3.68. The molecule has 1 aromatic carbocycles. The van der Waals surface area contributed by atoms with E-state index in [0.29, 0.717) is 11.5 Å². The summed E-state index contributed by atoms with van der Waals surface area (Å²) in [5, 5.41) is 8.78. The molecule has 0 atom stereocenters. The molecule has 0 fully saturated rings. The van der Waals surface area contributed by atoms with Gasteiger partial charge in [-0.2, -0.15) is 0 Å². The Kier molecular flexibility index (Phi) is 2.82. The molecule has 0 bridgehead atoms. The van der Waals surface area contributed by atoms with Gasteiger partial charge in [-0.1, -0.05) is 26.0 Å². The van der Waals surface area contributed by atoms with Crippen LogP contribution in [-0.2, 0) is 6.61 Å². The minimum atomic E-state index is -0.332. The molecule has 0 aliphatic carbocycles. The standard InChI is InChI=1S/C10H13FO/c1-7(2)8-3-4-10(11)9(5-8)6-12/h3-5,7,12H,6H2,1-2H3. The molecule has 0 saturated carbocycles. The van der Waals surface area contributed by atoms with E-state index in [1.807, 2.05) is 13.8 Å². The van der Waals surface area contributed by atoms with E-state index < -0.39 is 0 Å². The first-order valence-electron chi connectivity index (χ1n) is 4.04. The third-order valence-electron chi connectivity index (χ3n) is 1.91. The highest BCUT2D eigenvalue weighted by atomic mass is 19.1. The van der Waals surface area contributed by atoms with E-state index >= 15 is 0 Å². The van der Waals surface area contributed by atoms with E-state index in [-0.39, 0.29) is 12.4 Å². The van der Waals surface area contributed by atoms with Crippen molar-refractivity contribution in [2.75, 3.05) is 0 Å². The van der Waals surface area contributed by atoms with Gasteiger partial charge < -0.3 is 5.11 Å². The van der Waals surface area contributed by atoms with Crippen molar-refractivity contribution >= 4 is 0 Å². The van der Waals surface area contributed by atoms with Gasteiger partial charge in [0, 0.05) is 5.56 Å². The average molecular weight is 168 g/mol. The molecule has 0 unspecified atom stereocenters. The molecular formula is C10H13FO. The Bertz CT molecular complexity index is 269. The average Bonchev–Trinajstić information content (AvgIpc) is 2.05. The van der Waals surface area contributed by atoms with Gasteiger partial charge in [-0.15, -0.1) is 0 Å². The Labute approximate surface area is 71.9 Å². The van der Waals surface area contributed by atoms with Gasteiger partial charge >= 0.3 is 0 Å². The summed E-state index contributed by atoms with van der Waals surface area (Å²) in [5.74, 6) is 0.0396. The molecule has 1 rings (SSSR count). The van der Waals surface area contributed by atoms with E-state index in [0.717, 1.165) is 5.56 Å². The van der Waals surface area contributed by atoms with E-state index in [4.69, 9.17) is 5.11 Å². The molecule has 0 amide bonds. The fraction of sp³-hybridized carbons (Fsp3) is 0.400. The first-order valence-corrected chi connectivity index (χ1v) is 4.04. The maximum atomic E-state index is 12.9. The normalized spacial score (nSPS) is 10.8. The van der Waals surface area contributed by atoms with Crippen molar-refractivity contribution in [3.05, 3.63) is 35.1 Å². The first-order chi connectivity index (χ1) is 5.65. The molecule has 0 radical (unpaired) electrons. The van der Waals surface area contributed by atoms with Gasteiger partial charge in [0.25, 0.3) is 0 Å². The topological polar surface area (TPSA) is 20.2 Å². The molecule has 1 nitrogen and oxygen atoms in total. The lowest BCUT2D eigenvalue weighted by Gasteiger charge is -2.07. The summed E-state index contributed by atoms with van der Waals surface area (Å²) >= 11 is 0. The molecule has 0 heterocycles. The van der Waals surface area contributed by atoms with Gasteiger partial charge in [-0.25, -0.2) is 4.39 Å². The molecule has 1 aromatic rings. The Morgan fingerprint density at radius 3 is 2.58 bits per heavy atom. The third-order valence-corrected chi connectivity index (χ3v) is 1.91. The number of aliphatic hydroxyl groups excluding tert-OH is 1. The number of halogens is 1. The first kappa shape index (κ1) is 9.20. The van der Waals surface area contributed by atoms with Gasteiger partial charge in [0.1, 0.15) is 5.82 Å². The van der Waals surface area contributed by atoms with Crippen LogP contribution in [0, 0.1) is 5.82 Å². The molecule has 2 heteroatoms. The SMILES string of the molecule is CC(C)c1ccc(F)c(CO)c1. The van der Waals surface area contributed by atoms with Gasteiger partial charge in [0.05, 0.1) is 6.61 Å². The molecule has 66 valence electrons. The Morgan fingerprint density at radius 1 is 1.42 bits per heavy atom. The second-order valence-electron chi connectivity index (χ2n) is 3.16. The van der Waals surface area contributed by atoms with Crippen molar-refractivity contribution in [3.8, 4) is 0 Å². The summed E-state index contributed by atoms with van der Waals surface area (Å²) < 4.78 is 12.9. The lowest BCUT2D eigenvalue weighted by atomic mass is 10.0. The second-order valence-corrected chi connectivity index (χ2v) is 3.16. The van der Waals surface area contributed by atoms with Crippen LogP contribution in [0.3, 0.4) is 0 Å². The van der Waals surface area contributed by atoms with Crippen molar-refractivity contribution in [3.63, 3.8) is 0 Å². The van der Waals surface area contributed by atoms with E-state index in [1.165, 1.54) is 6.07 Å². The van der Waals surface area contributed by atoms with Crippen LogP contribution < -0.4 is 0 Å². The fourth-order valence-electron chi connectivity index (χ4n) is 1.07. The van der Waals surface area contributed by atoms with Gasteiger partial charge in [0.2, 0.25) is 0 Å². The number of benzene rings is 1. The van der Waals surface area contributed by atoms with Crippen LogP contribution in [0.15, 0.2) is 18.2 Å². The minimum absolute atomic E-state index is 0.230. The predicted octanol–water partition coefficient (Wildman–Crippen LogP) is 2.44. The van der Waals surface area contributed by atoms with Gasteiger partial charge in [-0.05, 0) is 17.5 Å². The van der Waals surface area contributed by atoms with E-state index in [9.17, 15) is 4.39 Å². The fourth-order valence-corrected chi connectivity index (χ4v) is 1.07. The molecule has 0 aromatic heterocycles. The number of hydrogen-bond acceptors (Lipinski definition) is 1. The highest BCUT2D eigenvalue weighted by Gasteiger charge is 2.04. The van der Waals surface area contributed by atoms with Gasteiger partial charge in [-0.3, -0.25) is 0 Å². The Hall–Kier alpha value is -0.890. The highest BCUT2D eigenvalue weighted by molar-refractivity contribution is 5.26. The van der Waals surface area contributed by atoms with E-state index in [2.05, 4.69) is 0 Å². The quantitative estimate of drug-likeness (QED) is 0.719. The zero-order valence-electron chi connectivity index (χ0n) is 7.34. The minimum Gasteiger partial charge on any atom is -0.392 e. The monoisotopic (exact) mass is 168 g/mol. The molecule has 12 heavy (non-hydrogen) atoms. The molecule has 1 N–H and O–H groups in total. The summed E-state index contributed by atoms with van der Waals surface area (Å²) in [4.78, 5) is 0. The zero-order chi connectivity index (χ0) is 9.14. The van der Waals surface area contributed by atoms with Crippen LogP contribution in [0.5, 0.6) is 0 Å². The van der Waals surface area contributed by atoms with Crippen LogP contribution in [0.2, 0.25) is 0 Å². The summed E-state index contributed by atoms with van der Waals surface area (Å²) in [5.41, 5.74) is 1.43. The molecular weight excluding hydrogens is 155 g/mol.